The fourth-order valence-corrected chi connectivity index (χ4v) is 3.60. The molecule has 0 saturated carbocycles. The van der Waals surface area contributed by atoms with E-state index in [0.29, 0.717) is 30.0 Å². The van der Waals surface area contributed by atoms with Crippen LogP contribution in [0.3, 0.4) is 0 Å². The molecule has 140 valence electrons. The molecular weight excluding hydrogens is 342 g/mol. The lowest BCUT2D eigenvalue weighted by atomic mass is 10.0. The van der Waals surface area contributed by atoms with Crippen molar-refractivity contribution in [3.63, 3.8) is 0 Å². The van der Waals surface area contributed by atoms with Crippen molar-refractivity contribution in [1.82, 2.24) is 15.2 Å². The van der Waals surface area contributed by atoms with Crippen LogP contribution in [0.5, 0.6) is 0 Å². The Labute approximate surface area is 158 Å². The van der Waals surface area contributed by atoms with Crippen molar-refractivity contribution in [2.75, 3.05) is 26.3 Å². The summed E-state index contributed by atoms with van der Waals surface area (Å²) in [6.07, 6.45) is 4.64. The molecule has 0 bridgehead atoms. The average Bonchev–Trinajstić information content (AvgIpc) is 3.42. The van der Waals surface area contributed by atoms with Crippen LogP contribution in [-0.4, -0.2) is 54.0 Å². The number of pyridine rings is 1. The molecule has 27 heavy (non-hydrogen) atoms. The van der Waals surface area contributed by atoms with Gasteiger partial charge in [-0.2, -0.15) is 0 Å². The first-order valence-corrected chi connectivity index (χ1v) is 9.46. The second kappa shape index (κ2) is 7.88. The Hall–Kier alpha value is -2.73. The monoisotopic (exact) mass is 365 g/mol. The maximum Gasteiger partial charge on any atom is 0.256 e. The fraction of sp³-hybridized carbons (Fsp3) is 0.381. The number of likely N-dealkylation sites (tertiary alicyclic amines) is 1. The number of benzene rings is 1. The normalized spacial score (nSPS) is 19.3. The maximum atomic E-state index is 12.8. The van der Waals surface area contributed by atoms with Crippen LogP contribution in [0.1, 0.15) is 40.0 Å². The highest BCUT2D eigenvalue weighted by Crippen LogP contribution is 2.24. The van der Waals surface area contributed by atoms with Crippen LogP contribution >= 0.6 is 0 Å². The predicted molar refractivity (Wildman–Crippen MR) is 102 cm³/mol. The number of hydrogen-bond acceptors (Lipinski definition) is 4. The summed E-state index contributed by atoms with van der Waals surface area (Å²) in [4.78, 5) is 31.5. The molecule has 2 saturated heterocycles. The summed E-state index contributed by atoms with van der Waals surface area (Å²) in [5.41, 5.74) is 2.69. The lowest BCUT2D eigenvalue weighted by Gasteiger charge is -2.17. The van der Waals surface area contributed by atoms with E-state index in [9.17, 15) is 9.59 Å². The van der Waals surface area contributed by atoms with Crippen LogP contribution in [-0.2, 0) is 4.74 Å². The van der Waals surface area contributed by atoms with E-state index in [0.717, 1.165) is 37.9 Å². The molecule has 2 aromatic rings. The topological polar surface area (TPSA) is 71.5 Å². The Morgan fingerprint density at radius 2 is 1.89 bits per heavy atom. The predicted octanol–water partition coefficient (Wildman–Crippen LogP) is 2.50. The summed E-state index contributed by atoms with van der Waals surface area (Å²) >= 11 is 0. The van der Waals surface area contributed by atoms with Crippen molar-refractivity contribution >= 4 is 11.8 Å². The van der Waals surface area contributed by atoms with Crippen molar-refractivity contribution in [2.24, 2.45) is 0 Å². The van der Waals surface area contributed by atoms with Crippen LogP contribution in [0.2, 0.25) is 0 Å². The van der Waals surface area contributed by atoms with Crippen LogP contribution < -0.4 is 5.32 Å². The van der Waals surface area contributed by atoms with Gasteiger partial charge in [0.15, 0.2) is 0 Å². The van der Waals surface area contributed by atoms with E-state index in [1.54, 1.807) is 24.4 Å². The minimum atomic E-state index is -0.105. The number of hydrogen-bond donors (Lipinski definition) is 1. The number of carbonyl (C=O) groups excluding carboxylic acids is 2. The Balaban J connectivity index is 1.53. The molecule has 0 unspecified atom stereocenters. The molecule has 0 aliphatic carbocycles. The van der Waals surface area contributed by atoms with Gasteiger partial charge in [-0.05, 0) is 43.5 Å². The lowest BCUT2D eigenvalue weighted by molar-refractivity contribution is 0.0792. The zero-order valence-corrected chi connectivity index (χ0v) is 15.2. The van der Waals surface area contributed by atoms with E-state index in [1.165, 1.54) is 0 Å². The van der Waals surface area contributed by atoms with Gasteiger partial charge in [-0.3, -0.25) is 14.6 Å². The van der Waals surface area contributed by atoms with Crippen molar-refractivity contribution < 1.29 is 14.3 Å². The highest BCUT2D eigenvalue weighted by molar-refractivity contribution is 6.00. The minimum Gasteiger partial charge on any atom is -0.379 e. The van der Waals surface area contributed by atoms with E-state index >= 15 is 0 Å². The summed E-state index contributed by atoms with van der Waals surface area (Å²) in [5.74, 6) is -0.0786. The van der Waals surface area contributed by atoms with Crippen molar-refractivity contribution in [1.29, 1.82) is 0 Å². The molecule has 6 nitrogen and oxygen atoms in total. The van der Waals surface area contributed by atoms with Gasteiger partial charge in [0.05, 0.1) is 23.9 Å². The Kier molecular flexibility index (Phi) is 5.16. The Morgan fingerprint density at radius 3 is 2.59 bits per heavy atom. The molecule has 1 aromatic carbocycles. The maximum absolute atomic E-state index is 12.8. The molecule has 3 heterocycles. The Morgan fingerprint density at radius 1 is 1.11 bits per heavy atom. The molecule has 0 radical (unpaired) electrons. The van der Waals surface area contributed by atoms with Crippen LogP contribution in [0, 0.1) is 0 Å². The summed E-state index contributed by atoms with van der Waals surface area (Å²) in [6, 6.07) is 10.9. The van der Waals surface area contributed by atoms with Gasteiger partial charge in [0.25, 0.3) is 11.8 Å². The SMILES string of the molecule is O=C(N[C@H]1CCOC1)c1ccc(-c2ncccc2C(=O)N2CCCC2)cc1. The molecule has 6 heteroatoms. The second-order valence-electron chi connectivity index (χ2n) is 7.01. The van der Waals surface area contributed by atoms with Gasteiger partial charge >= 0.3 is 0 Å². The first-order valence-electron chi connectivity index (χ1n) is 9.46. The molecule has 0 spiro atoms. The zero-order valence-electron chi connectivity index (χ0n) is 15.2. The molecule has 2 fully saturated rings. The number of carbonyl (C=O) groups is 2. The number of aromatic nitrogens is 1. The van der Waals surface area contributed by atoms with Crippen LogP contribution in [0.4, 0.5) is 0 Å². The number of amides is 2. The molecule has 2 aliphatic heterocycles. The number of nitrogens with one attached hydrogen (secondary N) is 1. The molecule has 1 atom stereocenters. The lowest BCUT2D eigenvalue weighted by Crippen LogP contribution is -2.34. The van der Waals surface area contributed by atoms with Gasteiger partial charge in [0.2, 0.25) is 0 Å². The average molecular weight is 365 g/mol. The largest absolute Gasteiger partial charge is 0.379 e. The van der Waals surface area contributed by atoms with E-state index in [2.05, 4.69) is 10.3 Å². The molecular formula is C21H23N3O3. The third-order valence-electron chi connectivity index (χ3n) is 5.12. The summed E-state index contributed by atoms with van der Waals surface area (Å²) < 4.78 is 5.29. The van der Waals surface area contributed by atoms with Crippen molar-refractivity contribution in [3.05, 3.63) is 53.7 Å². The molecule has 1 N–H and O–H groups in total. The number of nitrogens with zero attached hydrogens (tertiary/aromatic N) is 2. The zero-order chi connectivity index (χ0) is 18.6. The van der Waals surface area contributed by atoms with E-state index in [1.807, 2.05) is 23.1 Å². The fourth-order valence-electron chi connectivity index (χ4n) is 3.60. The summed E-state index contributed by atoms with van der Waals surface area (Å²) in [5, 5.41) is 2.98. The highest BCUT2D eigenvalue weighted by atomic mass is 16.5. The highest BCUT2D eigenvalue weighted by Gasteiger charge is 2.23. The first kappa shape index (κ1) is 17.7. The van der Waals surface area contributed by atoms with Crippen molar-refractivity contribution in [3.8, 4) is 11.3 Å². The van der Waals surface area contributed by atoms with Crippen molar-refractivity contribution in [2.45, 2.75) is 25.3 Å². The number of rotatable bonds is 4. The summed E-state index contributed by atoms with van der Waals surface area (Å²) in [7, 11) is 0. The molecule has 4 rings (SSSR count). The minimum absolute atomic E-state index is 0.0265. The van der Waals surface area contributed by atoms with E-state index in [-0.39, 0.29) is 17.9 Å². The first-order chi connectivity index (χ1) is 13.2. The molecule has 2 amide bonds. The Bertz CT molecular complexity index is 823. The van der Waals surface area contributed by atoms with Gasteiger partial charge in [0, 0.05) is 37.0 Å². The van der Waals surface area contributed by atoms with Crippen LogP contribution in [0.15, 0.2) is 42.6 Å². The van der Waals surface area contributed by atoms with Gasteiger partial charge in [-0.25, -0.2) is 0 Å². The standard InChI is InChI=1S/C21H23N3O3/c25-20(23-17-9-13-27-14-17)16-7-5-15(6-8-16)19-18(4-3-10-22-19)21(26)24-11-1-2-12-24/h3-8,10,17H,1-2,9,11-14H2,(H,23,25)/t17-/m0/s1. The smallest absolute Gasteiger partial charge is 0.256 e. The van der Waals surface area contributed by atoms with Gasteiger partial charge < -0.3 is 15.0 Å². The third-order valence-corrected chi connectivity index (χ3v) is 5.12. The van der Waals surface area contributed by atoms with Gasteiger partial charge in [0.1, 0.15) is 0 Å². The quantitative estimate of drug-likeness (QED) is 0.904. The van der Waals surface area contributed by atoms with Gasteiger partial charge in [-0.1, -0.05) is 12.1 Å². The third kappa shape index (κ3) is 3.85. The van der Waals surface area contributed by atoms with E-state index < -0.39 is 0 Å². The molecule has 2 aliphatic rings. The number of ether oxygens (including phenoxy) is 1. The molecule has 1 aromatic heterocycles. The summed E-state index contributed by atoms with van der Waals surface area (Å²) in [6.45, 7) is 2.87. The van der Waals surface area contributed by atoms with E-state index in [4.69, 9.17) is 4.74 Å². The van der Waals surface area contributed by atoms with Crippen LogP contribution in [0.25, 0.3) is 11.3 Å². The second-order valence-corrected chi connectivity index (χ2v) is 7.01. The van der Waals surface area contributed by atoms with Gasteiger partial charge in [-0.15, -0.1) is 0 Å².